The van der Waals surface area contributed by atoms with Gasteiger partial charge in [-0.2, -0.15) is 0 Å². The van der Waals surface area contributed by atoms with E-state index in [1.165, 1.54) is 0 Å². The first-order valence-corrected chi connectivity index (χ1v) is 8.98. The van der Waals surface area contributed by atoms with Gasteiger partial charge >= 0.3 is 0 Å². The number of ether oxygens (including phenoxy) is 2. The van der Waals surface area contributed by atoms with Crippen LogP contribution >= 0.6 is 24.0 Å². The Labute approximate surface area is 183 Å². The van der Waals surface area contributed by atoms with E-state index < -0.39 is 0 Å². The van der Waals surface area contributed by atoms with Crippen LogP contribution in [0.5, 0.6) is 5.75 Å². The molecule has 28 heavy (non-hydrogen) atoms. The smallest absolute Gasteiger partial charge is 0.191 e. The number of nitrogens with zero attached hydrogens (tertiary/aromatic N) is 1. The van der Waals surface area contributed by atoms with E-state index in [9.17, 15) is 4.39 Å². The van der Waals surface area contributed by atoms with Crippen LogP contribution in [0.2, 0.25) is 0 Å². The fraction of sp³-hybridized carbons (Fsp3) is 0.381. The first-order chi connectivity index (χ1) is 13.0. The molecule has 0 saturated carbocycles. The number of hydrogen-bond donors (Lipinski definition) is 2. The maximum absolute atomic E-state index is 13.7. The fourth-order valence-corrected chi connectivity index (χ4v) is 2.61. The Bertz CT molecular complexity index is 771. The van der Waals surface area contributed by atoms with Gasteiger partial charge in [0.25, 0.3) is 0 Å². The van der Waals surface area contributed by atoms with Crippen molar-refractivity contribution >= 4 is 29.9 Å². The van der Waals surface area contributed by atoms with Gasteiger partial charge in [0.15, 0.2) is 5.96 Å². The predicted octanol–water partition coefficient (Wildman–Crippen LogP) is 4.20. The highest BCUT2D eigenvalue weighted by atomic mass is 127. The molecule has 5 nitrogen and oxygen atoms in total. The molecule has 154 valence electrons. The Morgan fingerprint density at radius 1 is 1.21 bits per heavy atom. The summed E-state index contributed by atoms with van der Waals surface area (Å²) in [5, 5.41) is 6.45. The third kappa shape index (κ3) is 7.27. The van der Waals surface area contributed by atoms with Crippen LogP contribution < -0.4 is 15.4 Å². The van der Waals surface area contributed by atoms with E-state index in [0.717, 1.165) is 16.9 Å². The van der Waals surface area contributed by atoms with Gasteiger partial charge < -0.3 is 20.1 Å². The number of para-hydroxylation sites is 1. The lowest BCUT2D eigenvalue weighted by molar-refractivity contribution is 0.123. The summed E-state index contributed by atoms with van der Waals surface area (Å²) < 4.78 is 24.8. The maximum Gasteiger partial charge on any atom is 0.191 e. The van der Waals surface area contributed by atoms with Crippen molar-refractivity contribution in [2.75, 3.05) is 27.3 Å². The van der Waals surface area contributed by atoms with Crippen LogP contribution in [0.15, 0.2) is 47.5 Å². The van der Waals surface area contributed by atoms with Crippen molar-refractivity contribution in [3.63, 3.8) is 0 Å². The molecule has 0 fully saturated rings. The second-order valence-electron chi connectivity index (χ2n) is 6.24. The Hall–Kier alpha value is -1.87. The summed E-state index contributed by atoms with van der Waals surface area (Å²) in [6.45, 7) is 5.32. The molecule has 2 rings (SSSR count). The number of hydrogen-bond acceptors (Lipinski definition) is 3. The van der Waals surface area contributed by atoms with Crippen molar-refractivity contribution in [1.29, 1.82) is 0 Å². The normalized spacial score (nSPS) is 12.1. The quantitative estimate of drug-likeness (QED) is 0.247. The third-order valence-electron chi connectivity index (χ3n) is 4.26. The summed E-state index contributed by atoms with van der Waals surface area (Å²) in [5.41, 5.74) is 2.52. The van der Waals surface area contributed by atoms with Gasteiger partial charge in [0.05, 0.1) is 26.4 Å². The van der Waals surface area contributed by atoms with Crippen LogP contribution in [0.25, 0.3) is 0 Å². The van der Waals surface area contributed by atoms with Gasteiger partial charge in [0.1, 0.15) is 11.6 Å². The lowest BCUT2D eigenvalue weighted by atomic mass is 10.1. The lowest BCUT2D eigenvalue weighted by Crippen LogP contribution is -2.40. The molecular formula is C21H29FIN3O2. The number of aryl methyl sites for hydroxylation is 1. The molecule has 2 aromatic rings. The number of halogens is 2. The van der Waals surface area contributed by atoms with Gasteiger partial charge in [0.2, 0.25) is 0 Å². The molecule has 1 unspecified atom stereocenters. The van der Waals surface area contributed by atoms with Gasteiger partial charge in [-0.25, -0.2) is 4.39 Å². The van der Waals surface area contributed by atoms with Gasteiger partial charge in [0, 0.05) is 19.2 Å². The molecule has 0 amide bonds. The van der Waals surface area contributed by atoms with E-state index in [2.05, 4.69) is 15.6 Å². The molecule has 2 aromatic carbocycles. The summed E-state index contributed by atoms with van der Waals surface area (Å²) in [6.07, 6.45) is 0. The van der Waals surface area contributed by atoms with Gasteiger partial charge in [-0.1, -0.05) is 30.3 Å². The summed E-state index contributed by atoms with van der Waals surface area (Å²) in [6, 6.07) is 13.0. The highest BCUT2D eigenvalue weighted by Crippen LogP contribution is 2.18. The van der Waals surface area contributed by atoms with Crippen molar-refractivity contribution in [3.05, 3.63) is 65.0 Å². The van der Waals surface area contributed by atoms with Crippen LogP contribution in [0.4, 0.5) is 4.39 Å². The molecule has 0 aromatic heterocycles. The van der Waals surface area contributed by atoms with Crippen molar-refractivity contribution < 1.29 is 13.9 Å². The predicted molar refractivity (Wildman–Crippen MR) is 122 cm³/mol. The topological polar surface area (TPSA) is 54.9 Å². The van der Waals surface area contributed by atoms with Gasteiger partial charge in [-0.15, -0.1) is 24.0 Å². The molecule has 0 heterocycles. The highest BCUT2D eigenvalue weighted by Gasteiger charge is 2.09. The monoisotopic (exact) mass is 501 g/mol. The van der Waals surface area contributed by atoms with Crippen LogP contribution in [0.1, 0.15) is 29.7 Å². The summed E-state index contributed by atoms with van der Waals surface area (Å²) in [5.74, 6) is 1.26. The Morgan fingerprint density at radius 2 is 1.96 bits per heavy atom. The largest absolute Gasteiger partial charge is 0.496 e. The molecule has 0 aliphatic heterocycles. The summed E-state index contributed by atoms with van der Waals surface area (Å²) in [7, 11) is 3.35. The standard InChI is InChI=1S/C21H28FN3O2.HI/c1-15-9-10-17(13-19(15)22)16(2)25-21(23-3)24-11-12-27-14-18-7-5-6-8-20(18)26-4;/h5-10,13,16H,11-12,14H2,1-4H3,(H2,23,24,25);1H. The molecule has 2 N–H and O–H groups in total. The number of benzene rings is 2. The summed E-state index contributed by atoms with van der Waals surface area (Å²) in [4.78, 5) is 4.20. The lowest BCUT2D eigenvalue weighted by Gasteiger charge is -2.19. The fourth-order valence-electron chi connectivity index (χ4n) is 2.61. The van der Waals surface area contributed by atoms with E-state index in [4.69, 9.17) is 9.47 Å². The van der Waals surface area contributed by atoms with Gasteiger partial charge in [-0.3, -0.25) is 4.99 Å². The van der Waals surface area contributed by atoms with Crippen LogP contribution in [0, 0.1) is 12.7 Å². The minimum atomic E-state index is -0.200. The average Bonchev–Trinajstić information content (AvgIpc) is 2.69. The zero-order chi connectivity index (χ0) is 19.6. The molecule has 0 saturated heterocycles. The number of methoxy groups -OCH3 is 1. The molecular weight excluding hydrogens is 472 g/mol. The number of guanidine groups is 1. The number of aliphatic imine (C=N–C) groups is 1. The van der Waals surface area contributed by atoms with Crippen LogP contribution in [-0.4, -0.2) is 33.3 Å². The molecule has 7 heteroatoms. The molecule has 0 aliphatic carbocycles. The molecule has 0 aliphatic rings. The van der Waals surface area contributed by atoms with E-state index in [-0.39, 0.29) is 35.8 Å². The van der Waals surface area contributed by atoms with Crippen LogP contribution in [-0.2, 0) is 11.3 Å². The molecule has 0 bridgehead atoms. The zero-order valence-corrected chi connectivity index (χ0v) is 19.1. The zero-order valence-electron chi connectivity index (χ0n) is 16.8. The molecule has 0 radical (unpaired) electrons. The van der Waals surface area contributed by atoms with E-state index in [1.807, 2.05) is 37.3 Å². The van der Waals surface area contributed by atoms with Crippen molar-refractivity contribution in [2.24, 2.45) is 4.99 Å². The molecule has 1 atom stereocenters. The Kier molecular flexibility index (Phi) is 10.8. The van der Waals surface area contributed by atoms with E-state index in [0.29, 0.717) is 31.3 Å². The van der Waals surface area contributed by atoms with Crippen LogP contribution in [0.3, 0.4) is 0 Å². The number of rotatable bonds is 8. The van der Waals surface area contributed by atoms with E-state index >= 15 is 0 Å². The minimum Gasteiger partial charge on any atom is -0.496 e. The maximum atomic E-state index is 13.7. The second-order valence-corrected chi connectivity index (χ2v) is 6.24. The first kappa shape index (κ1) is 24.2. The molecule has 0 spiro atoms. The number of nitrogens with one attached hydrogen (secondary N) is 2. The first-order valence-electron chi connectivity index (χ1n) is 8.98. The Morgan fingerprint density at radius 3 is 2.64 bits per heavy atom. The van der Waals surface area contributed by atoms with Crippen molar-refractivity contribution in [3.8, 4) is 5.75 Å². The minimum absolute atomic E-state index is 0. The Balaban J connectivity index is 0.00000392. The second kappa shape index (κ2) is 12.6. The SMILES string of the molecule is CN=C(NCCOCc1ccccc1OC)NC(C)c1ccc(C)c(F)c1.I. The summed E-state index contributed by atoms with van der Waals surface area (Å²) >= 11 is 0. The average molecular weight is 501 g/mol. The van der Waals surface area contributed by atoms with Crippen molar-refractivity contribution in [1.82, 2.24) is 10.6 Å². The van der Waals surface area contributed by atoms with Crippen molar-refractivity contribution in [2.45, 2.75) is 26.5 Å². The highest BCUT2D eigenvalue weighted by molar-refractivity contribution is 14.0. The van der Waals surface area contributed by atoms with Gasteiger partial charge in [-0.05, 0) is 37.1 Å². The van der Waals surface area contributed by atoms with E-state index in [1.54, 1.807) is 33.2 Å². The third-order valence-corrected chi connectivity index (χ3v) is 4.26.